The Morgan fingerprint density at radius 2 is 0.490 bits per heavy atom. The molecule has 0 fully saturated rings. The molecule has 0 amide bonds. The highest BCUT2D eigenvalue weighted by Gasteiger charge is 2.30. The number of esters is 4. The summed E-state index contributed by atoms with van der Waals surface area (Å²) in [7, 11) is -9.92. The van der Waals surface area contributed by atoms with E-state index in [-0.39, 0.29) is 25.7 Å². The SMILES string of the molecule is CCC(C)CCCCCCCCC(=O)OC[C@H](COP(=O)(O)OC[C@H](O)COP(=O)(O)OC[C@@H](COC(=O)CCCCCCCCCCCCC(C)C)OC(=O)CCCCCCCCCCCCCC(C)C)OC(=O)CCCCCCCCCCCCCCCCCCCCC(C)C. The monoisotopic (exact) mass is 1440 g/mol. The van der Waals surface area contributed by atoms with Crippen LogP contribution < -0.4 is 0 Å². The first-order valence-electron chi connectivity index (χ1n) is 40.7. The molecule has 0 aromatic heterocycles. The van der Waals surface area contributed by atoms with E-state index < -0.39 is 97.5 Å². The minimum Gasteiger partial charge on any atom is -0.462 e. The summed E-state index contributed by atoms with van der Waals surface area (Å²) in [6.07, 6.45) is 54.2. The molecule has 0 saturated heterocycles. The van der Waals surface area contributed by atoms with Crippen molar-refractivity contribution in [3.05, 3.63) is 0 Å². The highest BCUT2D eigenvalue weighted by atomic mass is 31.2. The van der Waals surface area contributed by atoms with Gasteiger partial charge in [0.05, 0.1) is 26.4 Å². The number of phosphoric acid groups is 2. The quantitative estimate of drug-likeness (QED) is 0.0222. The lowest BCUT2D eigenvalue weighted by molar-refractivity contribution is -0.161. The molecule has 0 aromatic carbocycles. The lowest BCUT2D eigenvalue weighted by Gasteiger charge is -2.21. The van der Waals surface area contributed by atoms with Crippen LogP contribution in [0.1, 0.15) is 402 Å². The Bertz CT molecular complexity index is 1920. The van der Waals surface area contributed by atoms with Crippen LogP contribution in [0.4, 0.5) is 0 Å². The van der Waals surface area contributed by atoms with Gasteiger partial charge in [-0.05, 0) is 49.4 Å². The third-order valence-corrected chi connectivity index (χ3v) is 20.6. The van der Waals surface area contributed by atoms with E-state index >= 15 is 0 Å². The third kappa shape index (κ3) is 71.1. The van der Waals surface area contributed by atoms with Crippen LogP contribution in [0.15, 0.2) is 0 Å². The van der Waals surface area contributed by atoms with Crippen LogP contribution in [-0.2, 0) is 65.4 Å². The lowest BCUT2D eigenvalue weighted by atomic mass is 10.00. The van der Waals surface area contributed by atoms with E-state index in [1.165, 1.54) is 199 Å². The largest absolute Gasteiger partial charge is 0.472 e. The zero-order valence-electron chi connectivity index (χ0n) is 64.4. The van der Waals surface area contributed by atoms with Crippen molar-refractivity contribution in [3.8, 4) is 0 Å². The maximum atomic E-state index is 13.1. The Hall–Kier alpha value is -1.94. The molecule has 0 radical (unpaired) electrons. The first kappa shape index (κ1) is 96.1. The van der Waals surface area contributed by atoms with Crippen LogP contribution in [0.2, 0.25) is 0 Å². The van der Waals surface area contributed by atoms with Gasteiger partial charge in [-0.2, -0.15) is 0 Å². The molecule has 17 nitrogen and oxygen atoms in total. The average Bonchev–Trinajstić information content (AvgIpc) is 1.82. The Labute approximate surface area is 600 Å². The molecular weight excluding hydrogens is 1280 g/mol. The van der Waals surface area contributed by atoms with Gasteiger partial charge >= 0.3 is 39.5 Å². The molecule has 0 heterocycles. The molecule has 0 spiro atoms. The standard InChI is InChI=1S/C79H154O17P2/c1-9-72(8)58-50-42-37-38-44-52-60-77(82)90-66-75(96-78(83)61-53-45-35-29-21-17-15-13-11-10-12-14-16-19-25-31-39-47-55-69(2)3)68-94-98(87,88)92-64-73(80)63-91-97(85,86)93-67-74(65-89-76(81)59-51-43-34-28-24-23-27-33-41-49-57-71(6)7)95-79(84)62-54-46-36-30-22-18-20-26-32-40-48-56-70(4)5/h69-75,80H,9-68H2,1-8H3,(H,85,86)(H,87,88)/t72?,73-,74-,75-/m1/s1. The van der Waals surface area contributed by atoms with Crippen LogP contribution in [0.5, 0.6) is 0 Å². The minimum atomic E-state index is -4.96. The number of carbonyl (C=O) groups excluding carboxylic acids is 4. The molecule has 3 N–H and O–H groups in total. The maximum Gasteiger partial charge on any atom is 0.472 e. The van der Waals surface area contributed by atoms with Crippen molar-refractivity contribution < 1.29 is 80.2 Å². The van der Waals surface area contributed by atoms with Crippen LogP contribution in [-0.4, -0.2) is 96.7 Å². The molecule has 0 aliphatic carbocycles. The van der Waals surface area contributed by atoms with Gasteiger partial charge in [-0.1, -0.05) is 351 Å². The number of aliphatic hydroxyl groups is 1. The minimum absolute atomic E-state index is 0.106. The predicted molar refractivity (Wildman–Crippen MR) is 400 cm³/mol. The Morgan fingerprint density at radius 3 is 0.724 bits per heavy atom. The summed E-state index contributed by atoms with van der Waals surface area (Å²) in [6.45, 7) is 14.2. The summed E-state index contributed by atoms with van der Waals surface area (Å²) in [5.41, 5.74) is 0. The van der Waals surface area contributed by atoms with Gasteiger partial charge in [0.2, 0.25) is 0 Å². The van der Waals surface area contributed by atoms with Gasteiger partial charge in [0, 0.05) is 25.7 Å². The number of hydrogen-bond donors (Lipinski definition) is 3. The maximum absolute atomic E-state index is 13.1. The molecule has 0 aromatic rings. The van der Waals surface area contributed by atoms with Crippen molar-refractivity contribution in [1.29, 1.82) is 0 Å². The summed E-state index contributed by atoms with van der Waals surface area (Å²) < 4.78 is 68.6. The fourth-order valence-electron chi connectivity index (χ4n) is 12.0. The summed E-state index contributed by atoms with van der Waals surface area (Å²) in [5.74, 6) is 0.957. The van der Waals surface area contributed by atoms with E-state index in [4.69, 9.17) is 37.0 Å². The van der Waals surface area contributed by atoms with Gasteiger partial charge in [0.25, 0.3) is 0 Å². The van der Waals surface area contributed by atoms with Crippen molar-refractivity contribution in [2.45, 2.75) is 420 Å². The number of phosphoric ester groups is 2. The molecule has 19 heteroatoms. The summed E-state index contributed by atoms with van der Waals surface area (Å²) in [6, 6.07) is 0. The Kier molecular flexibility index (Phi) is 66.8. The van der Waals surface area contributed by atoms with Crippen molar-refractivity contribution in [1.82, 2.24) is 0 Å². The van der Waals surface area contributed by atoms with Gasteiger partial charge in [-0.25, -0.2) is 9.13 Å². The predicted octanol–water partition coefficient (Wildman–Crippen LogP) is 23.2. The molecule has 582 valence electrons. The van der Waals surface area contributed by atoms with E-state index in [1.807, 2.05) is 0 Å². The second-order valence-electron chi connectivity index (χ2n) is 30.1. The van der Waals surface area contributed by atoms with Gasteiger partial charge in [0.15, 0.2) is 12.2 Å². The van der Waals surface area contributed by atoms with Crippen LogP contribution >= 0.6 is 15.6 Å². The molecule has 0 saturated carbocycles. The molecule has 0 rings (SSSR count). The fraction of sp³-hybridized carbons (Fsp3) is 0.949. The van der Waals surface area contributed by atoms with Crippen molar-refractivity contribution >= 4 is 39.5 Å². The van der Waals surface area contributed by atoms with Crippen molar-refractivity contribution in [3.63, 3.8) is 0 Å². The van der Waals surface area contributed by atoms with Crippen LogP contribution in [0, 0.1) is 23.7 Å². The zero-order chi connectivity index (χ0) is 72.4. The average molecular weight is 1440 g/mol. The summed E-state index contributed by atoms with van der Waals surface area (Å²) in [4.78, 5) is 72.9. The van der Waals surface area contributed by atoms with E-state index in [2.05, 4.69) is 55.4 Å². The number of ether oxygens (including phenoxy) is 4. The van der Waals surface area contributed by atoms with Gasteiger partial charge in [0.1, 0.15) is 19.3 Å². The van der Waals surface area contributed by atoms with Crippen molar-refractivity contribution in [2.24, 2.45) is 23.7 Å². The Balaban J connectivity index is 5.21. The highest BCUT2D eigenvalue weighted by molar-refractivity contribution is 7.47. The van der Waals surface area contributed by atoms with Crippen molar-refractivity contribution in [2.75, 3.05) is 39.6 Å². The number of carbonyl (C=O) groups is 4. The van der Waals surface area contributed by atoms with E-state index in [0.717, 1.165) is 120 Å². The highest BCUT2D eigenvalue weighted by Crippen LogP contribution is 2.45. The molecule has 0 aliphatic heterocycles. The van der Waals surface area contributed by atoms with E-state index in [1.54, 1.807) is 0 Å². The van der Waals surface area contributed by atoms with Crippen LogP contribution in [0.3, 0.4) is 0 Å². The van der Waals surface area contributed by atoms with Gasteiger partial charge in [-0.3, -0.25) is 37.3 Å². The van der Waals surface area contributed by atoms with Gasteiger partial charge < -0.3 is 33.8 Å². The summed E-state index contributed by atoms with van der Waals surface area (Å²) in [5, 5.41) is 10.6. The topological polar surface area (TPSA) is 237 Å². The summed E-state index contributed by atoms with van der Waals surface area (Å²) >= 11 is 0. The molecule has 3 unspecified atom stereocenters. The van der Waals surface area contributed by atoms with E-state index in [0.29, 0.717) is 25.7 Å². The molecular formula is C79H154O17P2. The number of aliphatic hydroxyl groups excluding tert-OH is 1. The first-order chi connectivity index (χ1) is 47.1. The smallest absolute Gasteiger partial charge is 0.462 e. The number of unbranched alkanes of at least 4 members (excludes halogenated alkanes) is 41. The van der Waals surface area contributed by atoms with E-state index in [9.17, 15) is 43.2 Å². The number of rotatable bonds is 76. The first-order valence-corrected chi connectivity index (χ1v) is 43.7. The molecule has 6 atom stereocenters. The fourth-order valence-corrected chi connectivity index (χ4v) is 13.6. The number of hydrogen-bond acceptors (Lipinski definition) is 15. The lowest BCUT2D eigenvalue weighted by Crippen LogP contribution is -2.30. The second kappa shape index (κ2) is 68.2. The normalized spacial score (nSPS) is 14.3. The molecule has 98 heavy (non-hydrogen) atoms. The second-order valence-corrected chi connectivity index (χ2v) is 33.0. The van der Waals surface area contributed by atoms with Gasteiger partial charge in [-0.15, -0.1) is 0 Å². The molecule has 0 bridgehead atoms. The zero-order valence-corrected chi connectivity index (χ0v) is 66.2. The third-order valence-electron chi connectivity index (χ3n) is 18.7. The molecule has 0 aliphatic rings. The Morgan fingerprint density at radius 1 is 0.286 bits per heavy atom. The van der Waals surface area contributed by atoms with Crippen LogP contribution in [0.25, 0.3) is 0 Å².